The van der Waals surface area contributed by atoms with E-state index < -0.39 is 0 Å². The zero-order valence-electron chi connectivity index (χ0n) is 9.09. The van der Waals surface area contributed by atoms with Crippen molar-refractivity contribution in [3.05, 3.63) is 35.6 Å². The Hall–Kier alpha value is -0.450. The quantitative estimate of drug-likeness (QED) is 0.775. The van der Waals surface area contributed by atoms with E-state index in [-0.39, 0.29) is 22.8 Å². The molecule has 1 aromatic carbocycles. The van der Waals surface area contributed by atoms with E-state index in [0.29, 0.717) is 6.10 Å². The molecule has 0 bridgehead atoms. The minimum absolute atomic E-state index is 0. The van der Waals surface area contributed by atoms with Gasteiger partial charge in [-0.2, -0.15) is 0 Å². The van der Waals surface area contributed by atoms with E-state index in [9.17, 15) is 4.39 Å². The summed E-state index contributed by atoms with van der Waals surface area (Å²) < 4.78 is 18.1. The van der Waals surface area contributed by atoms with Crippen LogP contribution >= 0.6 is 0 Å². The van der Waals surface area contributed by atoms with Gasteiger partial charge in [-0.1, -0.05) is 12.1 Å². The Balaban J connectivity index is 0.00000128. The summed E-state index contributed by atoms with van der Waals surface area (Å²) in [5.41, 5.74) is 1.11. The largest absolute Gasteiger partial charge is 1.00 e. The molecule has 1 fully saturated rings. The minimum Gasteiger partial charge on any atom is -1.00 e. The molecule has 0 radical (unpaired) electrons. The number of benzene rings is 1. The van der Waals surface area contributed by atoms with Crippen LogP contribution in [-0.4, -0.2) is 19.3 Å². The van der Waals surface area contributed by atoms with Crippen molar-refractivity contribution >= 4 is 0 Å². The normalized spacial score (nSPS) is 19.4. The summed E-state index contributed by atoms with van der Waals surface area (Å²) in [6.07, 6.45) is 2.68. The Bertz CT molecular complexity index is 298. The van der Waals surface area contributed by atoms with Gasteiger partial charge in [0.2, 0.25) is 0 Å². The topological polar surface area (TPSA) is 21.3 Å². The molecule has 16 heavy (non-hydrogen) atoms. The Labute approximate surface area is 106 Å². The number of hydrogen-bond donors (Lipinski definition) is 1. The Morgan fingerprint density at radius 2 is 2.06 bits per heavy atom. The fraction of sp³-hybridized carbons (Fsp3) is 0.500. The SMILES string of the molecule is Fc1ccc(CNCC2CCCO2)cc1.[Br-]. The van der Waals surface area contributed by atoms with Crippen LogP contribution < -0.4 is 22.3 Å². The zero-order valence-corrected chi connectivity index (χ0v) is 10.7. The van der Waals surface area contributed by atoms with Crippen molar-refractivity contribution in [3.63, 3.8) is 0 Å². The molecular weight excluding hydrogens is 273 g/mol. The van der Waals surface area contributed by atoms with Gasteiger partial charge in [-0.05, 0) is 30.5 Å². The van der Waals surface area contributed by atoms with Crippen LogP contribution in [0.15, 0.2) is 24.3 Å². The third kappa shape index (κ3) is 4.20. The molecule has 1 saturated heterocycles. The average Bonchev–Trinajstić information content (AvgIpc) is 2.74. The van der Waals surface area contributed by atoms with E-state index in [2.05, 4.69) is 5.32 Å². The predicted octanol–water partition coefficient (Wildman–Crippen LogP) is -0.902. The van der Waals surface area contributed by atoms with Gasteiger partial charge in [0.05, 0.1) is 6.10 Å². The van der Waals surface area contributed by atoms with Crippen LogP contribution in [0.3, 0.4) is 0 Å². The fourth-order valence-corrected chi connectivity index (χ4v) is 1.79. The van der Waals surface area contributed by atoms with Crippen molar-refractivity contribution in [2.24, 2.45) is 0 Å². The summed E-state index contributed by atoms with van der Waals surface area (Å²) >= 11 is 0. The first-order valence-corrected chi connectivity index (χ1v) is 5.41. The maximum absolute atomic E-state index is 12.6. The maximum atomic E-state index is 12.6. The molecule has 0 spiro atoms. The molecule has 90 valence electrons. The lowest BCUT2D eigenvalue weighted by atomic mass is 10.2. The lowest BCUT2D eigenvalue weighted by molar-refractivity contribution is -0.00000502. The Kier molecular flexibility index (Phi) is 5.95. The molecule has 2 rings (SSSR count). The summed E-state index contributed by atoms with van der Waals surface area (Å²) in [6.45, 7) is 2.56. The van der Waals surface area contributed by atoms with Gasteiger partial charge in [0, 0.05) is 19.7 Å². The van der Waals surface area contributed by atoms with Crippen LogP contribution in [0.4, 0.5) is 4.39 Å². The molecule has 1 aliphatic rings. The molecule has 4 heteroatoms. The molecule has 1 heterocycles. The highest BCUT2D eigenvalue weighted by molar-refractivity contribution is 5.15. The van der Waals surface area contributed by atoms with Crippen molar-refractivity contribution in [2.75, 3.05) is 13.2 Å². The molecule has 1 atom stereocenters. The van der Waals surface area contributed by atoms with E-state index in [4.69, 9.17) is 4.74 Å². The molecule has 0 aliphatic carbocycles. The first-order chi connectivity index (χ1) is 7.34. The van der Waals surface area contributed by atoms with Gasteiger partial charge in [-0.3, -0.25) is 0 Å². The molecule has 2 nitrogen and oxygen atoms in total. The molecule has 0 amide bonds. The second-order valence-corrected chi connectivity index (χ2v) is 3.89. The Morgan fingerprint density at radius 1 is 1.31 bits per heavy atom. The van der Waals surface area contributed by atoms with Crippen LogP contribution in [-0.2, 0) is 11.3 Å². The number of hydrogen-bond acceptors (Lipinski definition) is 2. The van der Waals surface area contributed by atoms with Gasteiger partial charge >= 0.3 is 0 Å². The van der Waals surface area contributed by atoms with Gasteiger partial charge in [-0.25, -0.2) is 4.39 Å². The highest BCUT2D eigenvalue weighted by Gasteiger charge is 2.14. The third-order valence-electron chi connectivity index (χ3n) is 2.64. The number of nitrogens with one attached hydrogen (secondary N) is 1. The molecule has 1 unspecified atom stereocenters. The minimum atomic E-state index is -0.183. The van der Waals surface area contributed by atoms with Crippen LogP contribution in [0.25, 0.3) is 0 Å². The second-order valence-electron chi connectivity index (χ2n) is 3.89. The number of rotatable bonds is 4. The standard InChI is InChI=1S/C12H16FNO.BrH/c13-11-5-3-10(4-6-11)8-14-9-12-2-1-7-15-12;/h3-6,12,14H,1-2,7-9H2;1H/p-1. The van der Waals surface area contributed by atoms with E-state index in [1.165, 1.54) is 18.6 Å². The molecule has 0 aromatic heterocycles. The summed E-state index contributed by atoms with van der Waals surface area (Å²) in [5, 5.41) is 3.32. The van der Waals surface area contributed by atoms with E-state index >= 15 is 0 Å². The van der Waals surface area contributed by atoms with Crippen LogP contribution in [0.2, 0.25) is 0 Å². The molecule has 1 aromatic rings. The van der Waals surface area contributed by atoms with Crippen LogP contribution in [0.5, 0.6) is 0 Å². The van der Waals surface area contributed by atoms with Gasteiger partial charge in [0.1, 0.15) is 5.82 Å². The molecule has 1 aliphatic heterocycles. The summed E-state index contributed by atoms with van der Waals surface area (Å²) in [4.78, 5) is 0. The predicted molar refractivity (Wildman–Crippen MR) is 57.1 cm³/mol. The van der Waals surface area contributed by atoms with Crippen LogP contribution in [0.1, 0.15) is 18.4 Å². The van der Waals surface area contributed by atoms with Gasteiger partial charge in [0.25, 0.3) is 0 Å². The monoisotopic (exact) mass is 288 g/mol. The van der Waals surface area contributed by atoms with E-state index in [1.807, 2.05) is 0 Å². The van der Waals surface area contributed by atoms with Crippen molar-refractivity contribution in [3.8, 4) is 0 Å². The van der Waals surface area contributed by atoms with Gasteiger partial charge in [0.15, 0.2) is 0 Å². The fourth-order valence-electron chi connectivity index (χ4n) is 1.79. The van der Waals surface area contributed by atoms with Crippen molar-refractivity contribution < 1.29 is 26.1 Å². The highest BCUT2D eigenvalue weighted by Crippen LogP contribution is 2.10. The first-order valence-electron chi connectivity index (χ1n) is 5.41. The molecular formula is C12H16BrFNO-. The van der Waals surface area contributed by atoms with E-state index in [0.717, 1.165) is 31.7 Å². The summed E-state index contributed by atoms with van der Waals surface area (Å²) in [5.74, 6) is -0.183. The summed E-state index contributed by atoms with van der Waals surface area (Å²) in [7, 11) is 0. The maximum Gasteiger partial charge on any atom is 0.123 e. The second kappa shape index (κ2) is 6.99. The zero-order chi connectivity index (χ0) is 10.5. The third-order valence-corrected chi connectivity index (χ3v) is 2.64. The van der Waals surface area contributed by atoms with Gasteiger partial charge < -0.3 is 27.0 Å². The first kappa shape index (κ1) is 13.6. The smallest absolute Gasteiger partial charge is 0.123 e. The van der Waals surface area contributed by atoms with Gasteiger partial charge in [-0.15, -0.1) is 0 Å². The lowest BCUT2D eigenvalue weighted by Crippen LogP contribution is -3.00. The van der Waals surface area contributed by atoms with Crippen molar-refractivity contribution in [2.45, 2.75) is 25.5 Å². The number of halogens is 2. The molecule has 0 saturated carbocycles. The lowest BCUT2D eigenvalue weighted by Gasteiger charge is -2.10. The number of ether oxygens (including phenoxy) is 1. The summed E-state index contributed by atoms with van der Waals surface area (Å²) in [6, 6.07) is 6.59. The average molecular weight is 289 g/mol. The Morgan fingerprint density at radius 3 is 2.69 bits per heavy atom. The molecule has 1 N–H and O–H groups in total. The van der Waals surface area contributed by atoms with E-state index in [1.54, 1.807) is 12.1 Å². The highest BCUT2D eigenvalue weighted by atomic mass is 79.9. The van der Waals surface area contributed by atoms with Crippen LogP contribution in [0, 0.1) is 5.82 Å². The van der Waals surface area contributed by atoms with Crippen molar-refractivity contribution in [1.82, 2.24) is 5.32 Å². The van der Waals surface area contributed by atoms with Crippen molar-refractivity contribution in [1.29, 1.82) is 0 Å².